The summed E-state index contributed by atoms with van der Waals surface area (Å²) in [5, 5.41) is 10.1. The number of hydrogen-bond acceptors (Lipinski definition) is 4. The third-order valence-electron chi connectivity index (χ3n) is 3.74. The highest BCUT2D eigenvalue weighted by molar-refractivity contribution is 7.07. The third-order valence-corrected chi connectivity index (χ3v) is 4.37. The summed E-state index contributed by atoms with van der Waals surface area (Å²) in [7, 11) is 0. The topological polar surface area (TPSA) is 54.5 Å². The summed E-state index contributed by atoms with van der Waals surface area (Å²) in [6.07, 6.45) is 6.00. The maximum atomic E-state index is 4.40. The Labute approximate surface area is 125 Å². The molecule has 0 fully saturated rings. The molecule has 0 spiro atoms. The van der Waals surface area contributed by atoms with E-state index in [-0.39, 0.29) is 10.8 Å². The molecule has 0 aromatic carbocycles. The first-order valence-corrected chi connectivity index (χ1v) is 8.03. The first kappa shape index (κ1) is 15.2. The lowest BCUT2D eigenvalue weighted by Gasteiger charge is -2.30. The molecule has 0 bridgehead atoms. The van der Waals surface area contributed by atoms with Crippen molar-refractivity contribution >= 4 is 11.3 Å². The van der Waals surface area contributed by atoms with Crippen LogP contribution in [0.2, 0.25) is 0 Å². The highest BCUT2D eigenvalue weighted by Crippen LogP contribution is 2.34. The maximum Gasteiger partial charge on any atom is 0.130 e. The van der Waals surface area contributed by atoms with E-state index in [0.717, 1.165) is 18.7 Å². The fourth-order valence-corrected chi connectivity index (χ4v) is 3.00. The molecule has 0 unspecified atom stereocenters. The number of H-pyrrole nitrogens is 1. The van der Waals surface area contributed by atoms with E-state index < -0.39 is 0 Å². The van der Waals surface area contributed by atoms with Crippen molar-refractivity contribution in [3.63, 3.8) is 0 Å². The standard InChI is InChI=1S/C15H24N4S/c1-14(2,7-12-9-20-11-17-12)5-6-15(3,4)8-13-16-10-18-19-13/h9-11H,5-8H2,1-4H3,(H,16,18,19). The third kappa shape index (κ3) is 4.71. The fraction of sp³-hybridized carbons (Fsp3) is 0.667. The van der Waals surface area contributed by atoms with Crippen LogP contribution in [0.5, 0.6) is 0 Å². The van der Waals surface area contributed by atoms with E-state index in [0.29, 0.717) is 0 Å². The molecule has 2 rings (SSSR count). The minimum Gasteiger partial charge on any atom is -0.332 e. The SMILES string of the molecule is CC(C)(CCC(C)(C)Cc1nnc[nH]1)Cc1cscn1. The monoisotopic (exact) mass is 292 g/mol. The van der Waals surface area contributed by atoms with Crippen LogP contribution in [0.4, 0.5) is 0 Å². The molecule has 0 atom stereocenters. The van der Waals surface area contributed by atoms with E-state index >= 15 is 0 Å². The molecular formula is C15H24N4S. The molecular weight excluding hydrogens is 268 g/mol. The van der Waals surface area contributed by atoms with Gasteiger partial charge in [0.2, 0.25) is 0 Å². The second kappa shape index (κ2) is 6.04. The van der Waals surface area contributed by atoms with Gasteiger partial charge in [0.25, 0.3) is 0 Å². The summed E-state index contributed by atoms with van der Waals surface area (Å²) in [5.41, 5.74) is 3.65. The van der Waals surface area contributed by atoms with Crippen LogP contribution in [-0.4, -0.2) is 20.2 Å². The quantitative estimate of drug-likeness (QED) is 0.842. The predicted molar refractivity (Wildman–Crippen MR) is 82.7 cm³/mol. The lowest BCUT2D eigenvalue weighted by atomic mass is 9.75. The smallest absolute Gasteiger partial charge is 0.130 e. The number of rotatable bonds is 7. The van der Waals surface area contributed by atoms with Gasteiger partial charge in [-0.1, -0.05) is 27.7 Å². The first-order chi connectivity index (χ1) is 9.36. The van der Waals surface area contributed by atoms with Gasteiger partial charge in [0.15, 0.2) is 0 Å². The lowest BCUT2D eigenvalue weighted by Crippen LogP contribution is -2.22. The highest BCUT2D eigenvalue weighted by Gasteiger charge is 2.26. The van der Waals surface area contributed by atoms with Crippen LogP contribution in [0.1, 0.15) is 52.1 Å². The molecule has 0 aliphatic carbocycles. The van der Waals surface area contributed by atoms with Gasteiger partial charge in [-0.2, -0.15) is 0 Å². The Morgan fingerprint density at radius 3 is 2.35 bits per heavy atom. The molecule has 1 N–H and O–H groups in total. The Morgan fingerprint density at radius 2 is 1.80 bits per heavy atom. The van der Waals surface area contributed by atoms with Gasteiger partial charge in [-0.3, -0.25) is 0 Å². The molecule has 5 heteroatoms. The van der Waals surface area contributed by atoms with Crippen molar-refractivity contribution < 1.29 is 0 Å². The molecule has 0 radical (unpaired) electrons. The van der Waals surface area contributed by atoms with Crippen LogP contribution in [0.25, 0.3) is 0 Å². The Kier molecular flexibility index (Phi) is 4.58. The Balaban J connectivity index is 1.86. The van der Waals surface area contributed by atoms with Crippen molar-refractivity contribution in [2.75, 3.05) is 0 Å². The number of aromatic amines is 1. The normalized spacial score (nSPS) is 12.8. The maximum absolute atomic E-state index is 4.40. The van der Waals surface area contributed by atoms with Gasteiger partial charge < -0.3 is 4.98 Å². The van der Waals surface area contributed by atoms with Crippen molar-refractivity contribution in [1.82, 2.24) is 20.2 Å². The Bertz CT molecular complexity index is 452. The average molecular weight is 292 g/mol. The molecule has 0 saturated heterocycles. The molecule has 0 amide bonds. The summed E-state index contributed by atoms with van der Waals surface area (Å²) in [5.74, 6) is 0.979. The zero-order valence-corrected chi connectivity index (χ0v) is 13.6. The first-order valence-electron chi connectivity index (χ1n) is 7.08. The van der Waals surface area contributed by atoms with Gasteiger partial charge in [-0.05, 0) is 30.1 Å². The van der Waals surface area contributed by atoms with Crippen molar-refractivity contribution in [3.05, 3.63) is 28.7 Å². The minimum atomic E-state index is 0.235. The van der Waals surface area contributed by atoms with Crippen molar-refractivity contribution in [2.24, 2.45) is 10.8 Å². The second-order valence-corrected chi connectivity index (χ2v) is 7.82. The summed E-state index contributed by atoms with van der Waals surface area (Å²) in [6.45, 7) is 9.26. The molecule has 110 valence electrons. The molecule has 2 aromatic heterocycles. The van der Waals surface area contributed by atoms with E-state index in [9.17, 15) is 0 Å². The zero-order valence-electron chi connectivity index (χ0n) is 12.8. The minimum absolute atomic E-state index is 0.235. The highest BCUT2D eigenvalue weighted by atomic mass is 32.1. The van der Waals surface area contributed by atoms with E-state index in [4.69, 9.17) is 0 Å². The van der Waals surface area contributed by atoms with Crippen LogP contribution in [-0.2, 0) is 12.8 Å². The van der Waals surface area contributed by atoms with Crippen LogP contribution < -0.4 is 0 Å². The van der Waals surface area contributed by atoms with Crippen molar-refractivity contribution in [2.45, 2.75) is 53.4 Å². The van der Waals surface area contributed by atoms with Gasteiger partial charge in [0.1, 0.15) is 12.2 Å². The van der Waals surface area contributed by atoms with Gasteiger partial charge in [0, 0.05) is 11.8 Å². The largest absolute Gasteiger partial charge is 0.332 e. The van der Waals surface area contributed by atoms with Crippen LogP contribution in [0, 0.1) is 10.8 Å². The predicted octanol–water partition coefficient (Wildman–Crippen LogP) is 3.88. The molecule has 0 saturated carbocycles. The van der Waals surface area contributed by atoms with Crippen molar-refractivity contribution in [1.29, 1.82) is 0 Å². The van der Waals surface area contributed by atoms with Crippen LogP contribution in [0.3, 0.4) is 0 Å². The summed E-state index contributed by atoms with van der Waals surface area (Å²) < 4.78 is 0. The molecule has 0 aliphatic rings. The average Bonchev–Trinajstić information content (AvgIpc) is 2.99. The Morgan fingerprint density at radius 1 is 1.10 bits per heavy atom. The Hall–Kier alpha value is -1.23. The number of aromatic nitrogens is 4. The van der Waals surface area contributed by atoms with E-state index in [1.54, 1.807) is 17.7 Å². The number of thiazole rings is 1. The van der Waals surface area contributed by atoms with E-state index in [1.807, 2.05) is 5.51 Å². The molecule has 2 heterocycles. The van der Waals surface area contributed by atoms with E-state index in [1.165, 1.54) is 18.5 Å². The number of nitrogens with one attached hydrogen (secondary N) is 1. The number of hydrogen-bond donors (Lipinski definition) is 1. The molecule has 0 aliphatic heterocycles. The number of nitrogens with zero attached hydrogens (tertiary/aromatic N) is 3. The molecule has 2 aromatic rings. The molecule has 20 heavy (non-hydrogen) atoms. The van der Waals surface area contributed by atoms with Gasteiger partial charge >= 0.3 is 0 Å². The summed E-state index contributed by atoms with van der Waals surface area (Å²) in [6, 6.07) is 0. The van der Waals surface area contributed by atoms with Gasteiger partial charge in [-0.25, -0.2) is 4.98 Å². The van der Waals surface area contributed by atoms with Crippen LogP contribution in [0.15, 0.2) is 17.2 Å². The lowest BCUT2D eigenvalue weighted by molar-refractivity contribution is 0.233. The summed E-state index contributed by atoms with van der Waals surface area (Å²) in [4.78, 5) is 7.50. The van der Waals surface area contributed by atoms with Gasteiger partial charge in [-0.15, -0.1) is 21.5 Å². The van der Waals surface area contributed by atoms with Crippen LogP contribution >= 0.6 is 11.3 Å². The second-order valence-electron chi connectivity index (χ2n) is 7.10. The fourth-order valence-electron chi connectivity index (χ4n) is 2.44. The summed E-state index contributed by atoms with van der Waals surface area (Å²) >= 11 is 1.68. The zero-order chi connectivity index (χ0) is 14.6. The van der Waals surface area contributed by atoms with Crippen molar-refractivity contribution in [3.8, 4) is 0 Å². The molecule has 4 nitrogen and oxygen atoms in total. The van der Waals surface area contributed by atoms with E-state index in [2.05, 4.69) is 53.2 Å². The van der Waals surface area contributed by atoms with Gasteiger partial charge in [0.05, 0.1) is 11.2 Å².